The molecule has 4 rings (SSSR count). The molecule has 172 valence electrons. The van der Waals surface area contributed by atoms with E-state index in [4.69, 9.17) is 18.9 Å². The van der Waals surface area contributed by atoms with Gasteiger partial charge in [0, 0.05) is 30.1 Å². The van der Waals surface area contributed by atoms with Crippen LogP contribution in [0, 0.1) is 0 Å². The Kier molecular flexibility index (Phi) is 6.20. The van der Waals surface area contributed by atoms with Gasteiger partial charge in [0.1, 0.15) is 23.0 Å². The first-order valence-corrected chi connectivity index (χ1v) is 10.9. The van der Waals surface area contributed by atoms with E-state index >= 15 is 0 Å². The first-order valence-electron chi connectivity index (χ1n) is 10.9. The van der Waals surface area contributed by atoms with Gasteiger partial charge in [0.15, 0.2) is 0 Å². The molecular weight excluding hydrogens is 408 g/mol. The standard InChI is InChI=1S/C25H32N2O5/c1-15-24-19(22(31-5)9-10-23(24)32-6)13-17-14-26(2)20(25(28)27(15)17)12-16-11-18(29-3)7-8-21(16)30-4/h7-11,15,17,20H,12-14H2,1-6H3/t15-,17+,20+/m1/s1. The predicted molar refractivity (Wildman–Crippen MR) is 122 cm³/mol. The molecule has 0 N–H and O–H groups in total. The second kappa shape index (κ2) is 8.90. The van der Waals surface area contributed by atoms with E-state index in [0.29, 0.717) is 6.42 Å². The summed E-state index contributed by atoms with van der Waals surface area (Å²) in [6, 6.07) is 9.28. The molecule has 0 saturated carbocycles. The number of amides is 1. The topological polar surface area (TPSA) is 60.5 Å². The molecule has 1 amide bonds. The van der Waals surface area contributed by atoms with Crippen molar-refractivity contribution >= 4 is 5.91 Å². The number of carbonyl (C=O) groups is 1. The second-order valence-corrected chi connectivity index (χ2v) is 8.48. The predicted octanol–water partition coefficient (Wildman–Crippen LogP) is 3.09. The summed E-state index contributed by atoms with van der Waals surface area (Å²) in [5, 5.41) is 0. The lowest BCUT2D eigenvalue weighted by atomic mass is 9.84. The molecule has 0 aliphatic carbocycles. The van der Waals surface area contributed by atoms with Gasteiger partial charge in [-0.2, -0.15) is 0 Å². The minimum absolute atomic E-state index is 0.0828. The van der Waals surface area contributed by atoms with Crippen molar-refractivity contribution in [2.45, 2.75) is 37.9 Å². The van der Waals surface area contributed by atoms with Crippen LogP contribution in [0.5, 0.6) is 23.0 Å². The van der Waals surface area contributed by atoms with E-state index in [2.05, 4.69) is 11.8 Å². The van der Waals surface area contributed by atoms with E-state index in [1.165, 1.54) is 0 Å². The highest BCUT2D eigenvalue weighted by atomic mass is 16.5. The van der Waals surface area contributed by atoms with Crippen LogP contribution in [0.3, 0.4) is 0 Å². The Morgan fingerprint density at radius 1 is 0.938 bits per heavy atom. The molecule has 7 heteroatoms. The molecule has 2 aliphatic rings. The summed E-state index contributed by atoms with van der Waals surface area (Å²) in [5.74, 6) is 3.28. The number of methoxy groups -OCH3 is 4. The fourth-order valence-corrected chi connectivity index (χ4v) is 5.29. The molecule has 2 heterocycles. The van der Waals surface area contributed by atoms with Gasteiger partial charge >= 0.3 is 0 Å². The van der Waals surface area contributed by atoms with E-state index in [1.807, 2.05) is 42.3 Å². The molecule has 32 heavy (non-hydrogen) atoms. The number of benzene rings is 2. The van der Waals surface area contributed by atoms with Crippen LogP contribution in [-0.4, -0.2) is 69.8 Å². The largest absolute Gasteiger partial charge is 0.497 e. The highest BCUT2D eigenvalue weighted by molar-refractivity contribution is 5.84. The molecular formula is C25H32N2O5. The lowest BCUT2D eigenvalue weighted by Crippen LogP contribution is -2.63. The molecule has 0 radical (unpaired) electrons. The molecule has 3 atom stereocenters. The lowest BCUT2D eigenvalue weighted by molar-refractivity contribution is -0.149. The Morgan fingerprint density at radius 2 is 1.59 bits per heavy atom. The van der Waals surface area contributed by atoms with E-state index < -0.39 is 0 Å². The van der Waals surface area contributed by atoms with Crippen molar-refractivity contribution in [2.75, 3.05) is 42.0 Å². The number of fused-ring (bicyclic) bond motifs is 2. The normalized spacial score (nSPS) is 22.8. The molecule has 1 saturated heterocycles. The smallest absolute Gasteiger partial charge is 0.241 e. The number of hydrogen-bond acceptors (Lipinski definition) is 6. The number of likely N-dealkylation sites (N-methyl/N-ethyl adjacent to an activating group) is 1. The third-order valence-corrected chi connectivity index (χ3v) is 6.85. The van der Waals surface area contributed by atoms with Crippen LogP contribution < -0.4 is 18.9 Å². The van der Waals surface area contributed by atoms with Crippen LogP contribution in [0.1, 0.15) is 29.7 Å². The van der Waals surface area contributed by atoms with Crippen molar-refractivity contribution in [3.8, 4) is 23.0 Å². The zero-order valence-corrected chi connectivity index (χ0v) is 19.7. The number of nitrogens with zero attached hydrogens (tertiary/aromatic N) is 2. The fraction of sp³-hybridized carbons (Fsp3) is 0.480. The van der Waals surface area contributed by atoms with Crippen LogP contribution in [-0.2, 0) is 17.6 Å². The Bertz CT molecular complexity index is 1010. The van der Waals surface area contributed by atoms with Gasteiger partial charge in [-0.15, -0.1) is 0 Å². The first kappa shape index (κ1) is 22.3. The van der Waals surface area contributed by atoms with Crippen LogP contribution in [0.15, 0.2) is 30.3 Å². The van der Waals surface area contributed by atoms with Gasteiger partial charge in [-0.1, -0.05) is 0 Å². The van der Waals surface area contributed by atoms with Gasteiger partial charge < -0.3 is 23.8 Å². The highest BCUT2D eigenvalue weighted by Gasteiger charge is 2.45. The molecule has 1 fully saturated rings. The third-order valence-electron chi connectivity index (χ3n) is 6.85. The van der Waals surface area contributed by atoms with Gasteiger partial charge in [-0.25, -0.2) is 0 Å². The first-order chi connectivity index (χ1) is 15.4. The monoisotopic (exact) mass is 440 g/mol. The van der Waals surface area contributed by atoms with E-state index in [1.54, 1.807) is 28.4 Å². The van der Waals surface area contributed by atoms with Crippen LogP contribution in [0.25, 0.3) is 0 Å². The van der Waals surface area contributed by atoms with E-state index in [0.717, 1.165) is 52.7 Å². The zero-order valence-electron chi connectivity index (χ0n) is 19.7. The van der Waals surface area contributed by atoms with E-state index in [9.17, 15) is 4.79 Å². The number of ether oxygens (including phenoxy) is 4. The van der Waals surface area contributed by atoms with Gasteiger partial charge in [-0.3, -0.25) is 9.69 Å². The highest BCUT2D eigenvalue weighted by Crippen LogP contribution is 2.44. The van der Waals surface area contributed by atoms with Crippen LogP contribution in [0.2, 0.25) is 0 Å². The molecule has 0 bridgehead atoms. The Morgan fingerprint density at radius 3 is 2.25 bits per heavy atom. The molecule has 2 aromatic rings. The molecule has 0 aromatic heterocycles. The van der Waals surface area contributed by atoms with Gasteiger partial charge in [-0.05, 0) is 56.3 Å². The summed E-state index contributed by atoms with van der Waals surface area (Å²) in [7, 11) is 8.68. The Labute approximate surface area is 189 Å². The zero-order chi connectivity index (χ0) is 23.0. The molecule has 7 nitrogen and oxygen atoms in total. The number of piperazine rings is 1. The summed E-state index contributed by atoms with van der Waals surface area (Å²) in [6.45, 7) is 2.87. The van der Waals surface area contributed by atoms with Gasteiger partial charge in [0.05, 0.1) is 40.5 Å². The molecule has 2 aliphatic heterocycles. The van der Waals surface area contributed by atoms with Gasteiger partial charge in [0.2, 0.25) is 5.91 Å². The van der Waals surface area contributed by atoms with Gasteiger partial charge in [0.25, 0.3) is 0 Å². The molecule has 2 aromatic carbocycles. The van der Waals surface area contributed by atoms with Crippen molar-refractivity contribution in [2.24, 2.45) is 0 Å². The Hall–Kier alpha value is -2.93. The van der Waals surface area contributed by atoms with Crippen molar-refractivity contribution < 1.29 is 23.7 Å². The van der Waals surface area contributed by atoms with Crippen LogP contribution >= 0.6 is 0 Å². The minimum atomic E-state index is -0.284. The average Bonchev–Trinajstić information content (AvgIpc) is 2.80. The maximum Gasteiger partial charge on any atom is 0.241 e. The van der Waals surface area contributed by atoms with Crippen molar-refractivity contribution in [1.82, 2.24) is 9.80 Å². The summed E-state index contributed by atoms with van der Waals surface area (Å²) in [4.78, 5) is 18.0. The summed E-state index contributed by atoms with van der Waals surface area (Å²) < 4.78 is 22.3. The molecule has 0 unspecified atom stereocenters. The minimum Gasteiger partial charge on any atom is -0.497 e. The summed E-state index contributed by atoms with van der Waals surface area (Å²) in [5.41, 5.74) is 3.13. The lowest BCUT2D eigenvalue weighted by Gasteiger charge is -2.50. The number of carbonyl (C=O) groups excluding carboxylic acids is 1. The molecule has 0 spiro atoms. The van der Waals surface area contributed by atoms with E-state index in [-0.39, 0.29) is 24.0 Å². The Balaban J connectivity index is 1.69. The third kappa shape index (κ3) is 3.64. The number of rotatable bonds is 6. The van der Waals surface area contributed by atoms with Crippen molar-refractivity contribution in [3.63, 3.8) is 0 Å². The number of hydrogen-bond donors (Lipinski definition) is 0. The van der Waals surface area contributed by atoms with Crippen molar-refractivity contribution in [3.05, 3.63) is 47.0 Å². The van der Waals surface area contributed by atoms with Crippen LogP contribution in [0.4, 0.5) is 0 Å². The van der Waals surface area contributed by atoms with Crippen molar-refractivity contribution in [1.29, 1.82) is 0 Å². The average molecular weight is 441 g/mol. The summed E-state index contributed by atoms with van der Waals surface area (Å²) in [6.07, 6.45) is 1.29. The fourth-order valence-electron chi connectivity index (χ4n) is 5.29. The quantitative estimate of drug-likeness (QED) is 0.688. The second-order valence-electron chi connectivity index (χ2n) is 8.48. The summed E-state index contributed by atoms with van der Waals surface area (Å²) >= 11 is 0. The maximum absolute atomic E-state index is 13.8. The SMILES string of the molecule is COc1ccc(OC)c(C[C@H]2C(=O)N3[C@@H](Cc4c(OC)ccc(OC)c4[C@H]3C)CN2C)c1. The maximum atomic E-state index is 13.8.